The number of nitrogens with zero attached hydrogens (tertiary/aromatic N) is 1. The first-order chi connectivity index (χ1) is 17.5. The van der Waals surface area contributed by atoms with Crippen LogP contribution in [-0.2, 0) is 24.0 Å². The largest absolute Gasteiger partial charge is 0.457 e. The maximum Gasteiger partial charge on any atom is 0.332 e. The Morgan fingerprint density at radius 1 is 1.26 bits per heavy atom. The van der Waals surface area contributed by atoms with Gasteiger partial charge in [0.05, 0.1) is 6.10 Å². The van der Waals surface area contributed by atoms with Crippen LogP contribution in [0, 0.1) is 44.6 Å². The van der Waals surface area contributed by atoms with E-state index in [2.05, 4.69) is 36.4 Å². The Hall–Kier alpha value is -2.63. The number of aldehydes is 1. The third kappa shape index (κ3) is 7.70. The third-order valence-electron chi connectivity index (χ3n) is 8.57. The number of hydrogen-bond donors (Lipinski definition) is 3. The second kappa shape index (κ2) is 12.5. The van der Waals surface area contributed by atoms with Crippen LogP contribution in [0.5, 0.6) is 0 Å². The van der Waals surface area contributed by atoms with Crippen molar-refractivity contribution in [2.45, 2.75) is 78.6 Å². The number of ether oxygens (including phenoxy) is 1. The van der Waals surface area contributed by atoms with Gasteiger partial charge in [0.25, 0.3) is 5.09 Å². The van der Waals surface area contributed by atoms with Gasteiger partial charge in [0.1, 0.15) is 6.61 Å². The standard InChI is InChI=1S/C20H28O2.C4H5NO6.C3H8O2/c1-12-4-7-16-15-6-5-13-10-14(21)8-9-19(13,2)18(15)17(22)11-20(12,16)3;6-1-2-10-4(7)3-11-5(8)9;1-3(2,4)5/h8-10,12,15-18,22H,4-7,11H2,1-3H3;1H,2-3H2;4-5H,1-2H3. The fourth-order valence-electron chi connectivity index (χ4n) is 6.85. The average molecular weight is 540 g/mol. The Morgan fingerprint density at radius 3 is 2.47 bits per heavy atom. The zero-order valence-corrected chi connectivity index (χ0v) is 22.8. The van der Waals surface area contributed by atoms with Crippen LogP contribution in [0.2, 0.25) is 0 Å². The summed E-state index contributed by atoms with van der Waals surface area (Å²) >= 11 is 0. The second-order valence-electron chi connectivity index (χ2n) is 11.6. The average Bonchev–Trinajstić information content (AvgIpc) is 3.09. The van der Waals surface area contributed by atoms with Crippen molar-refractivity contribution in [3.8, 4) is 0 Å². The number of ketones is 1. The van der Waals surface area contributed by atoms with Gasteiger partial charge < -0.3 is 24.9 Å². The van der Waals surface area contributed by atoms with Gasteiger partial charge in [-0.2, -0.15) is 0 Å². The van der Waals surface area contributed by atoms with Gasteiger partial charge >= 0.3 is 5.97 Å². The van der Waals surface area contributed by atoms with E-state index < -0.39 is 30.1 Å². The number of carbonyl (C=O) groups excluding carboxylic acids is 3. The van der Waals surface area contributed by atoms with E-state index in [0.717, 1.165) is 31.1 Å². The van der Waals surface area contributed by atoms with Crippen LogP contribution in [-0.4, -0.2) is 63.5 Å². The molecule has 214 valence electrons. The van der Waals surface area contributed by atoms with Gasteiger partial charge in [-0.15, -0.1) is 10.1 Å². The molecule has 7 unspecified atom stereocenters. The number of allylic oxidation sites excluding steroid dienone is 4. The molecule has 11 nitrogen and oxygen atoms in total. The molecule has 0 spiro atoms. The van der Waals surface area contributed by atoms with E-state index in [1.54, 1.807) is 6.08 Å². The molecule has 4 rings (SSSR count). The van der Waals surface area contributed by atoms with E-state index in [1.807, 2.05) is 6.08 Å². The number of aliphatic hydroxyl groups is 3. The summed E-state index contributed by atoms with van der Waals surface area (Å²) in [5, 5.41) is 35.6. The van der Waals surface area contributed by atoms with Crippen molar-refractivity contribution in [1.29, 1.82) is 0 Å². The molecule has 0 heterocycles. The van der Waals surface area contributed by atoms with E-state index in [4.69, 9.17) is 10.2 Å². The van der Waals surface area contributed by atoms with Crippen LogP contribution in [0.15, 0.2) is 23.8 Å². The van der Waals surface area contributed by atoms with Crippen molar-refractivity contribution in [1.82, 2.24) is 0 Å². The maximum atomic E-state index is 11.8. The third-order valence-corrected chi connectivity index (χ3v) is 8.57. The topological polar surface area (TPSA) is 174 Å². The van der Waals surface area contributed by atoms with E-state index in [0.29, 0.717) is 23.5 Å². The molecule has 0 aromatic heterocycles. The number of rotatable bonds is 5. The molecule has 4 aliphatic carbocycles. The monoisotopic (exact) mass is 539 g/mol. The van der Waals surface area contributed by atoms with Gasteiger partial charge in [-0.05, 0) is 81.3 Å². The Balaban J connectivity index is 0.000000267. The normalized spacial score (nSPS) is 35.0. The van der Waals surface area contributed by atoms with Crippen LogP contribution >= 0.6 is 0 Å². The van der Waals surface area contributed by atoms with Gasteiger partial charge in [0, 0.05) is 11.3 Å². The lowest BCUT2D eigenvalue weighted by atomic mass is 9.47. The molecule has 3 fully saturated rings. The predicted molar refractivity (Wildman–Crippen MR) is 136 cm³/mol. The molecule has 0 aromatic carbocycles. The Labute approximate surface area is 223 Å². The summed E-state index contributed by atoms with van der Waals surface area (Å²) in [5.41, 5.74) is 1.46. The fourth-order valence-corrected chi connectivity index (χ4v) is 6.85. The molecule has 0 bridgehead atoms. The lowest BCUT2D eigenvalue weighted by Crippen LogP contribution is -2.55. The van der Waals surface area contributed by atoms with E-state index in [1.165, 1.54) is 32.3 Å². The van der Waals surface area contributed by atoms with Crippen molar-refractivity contribution in [3.63, 3.8) is 0 Å². The minimum absolute atomic E-state index is 0.108. The van der Waals surface area contributed by atoms with Crippen molar-refractivity contribution in [3.05, 3.63) is 33.9 Å². The van der Waals surface area contributed by atoms with Gasteiger partial charge in [0.15, 0.2) is 24.5 Å². The highest BCUT2D eigenvalue weighted by Gasteiger charge is 2.60. The Kier molecular flexibility index (Phi) is 10.4. The molecule has 3 N–H and O–H groups in total. The lowest BCUT2D eigenvalue weighted by molar-refractivity contribution is -0.754. The predicted octanol–water partition coefficient (Wildman–Crippen LogP) is 2.55. The first kappa shape index (κ1) is 31.6. The summed E-state index contributed by atoms with van der Waals surface area (Å²) in [6.45, 7) is 8.44. The van der Waals surface area contributed by atoms with Crippen molar-refractivity contribution in [2.75, 3.05) is 13.2 Å². The molecule has 11 heteroatoms. The molecule has 0 amide bonds. The van der Waals surface area contributed by atoms with Gasteiger partial charge in [0.2, 0.25) is 0 Å². The number of hydrogen-bond acceptors (Lipinski definition) is 10. The number of aliphatic hydroxyl groups excluding tert-OH is 1. The summed E-state index contributed by atoms with van der Waals surface area (Å²) < 4.78 is 4.11. The highest BCUT2D eigenvalue weighted by atomic mass is 17.0. The fraction of sp³-hybridized carbons (Fsp3) is 0.741. The van der Waals surface area contributed by atoms with Crippen LogP contribution in [0.4, 0.5) is 0 Å². The van der Waals surface area contributed by atoms with Crippen LogP contribution < -0.4 is 0 Å². The quantitative estimate of drug-likeness (QED) is 0.155. The summed E-state index contributed by atoms with van der Waals surface area (Å²) in [5.74, 6) is 0.0462. The molecule has 7 atom stereocenters. The highest BCUT2D eigenvalue weighted by molar-refractivity contribution is 6.01. The zero-order valence-electron chi connectivity index (χ0n) is 22.8. The second-order valence-corrected chi connectivity index (χ2v) is 11.6. The molecule has 0 saturated heterocycles. The summed E-state index contributed by atoms with van der Waals surface area (Å²) in [6.07, 6.45) is 11.5. The molecule has 0 radical (unpaired) electrons. The Bertz CT molecular complexity index is 948. The van der Waals surface area contributed by atoms with Crippen LogP contribution in [0.3, 0.4) is 0 Å². The van der Waals surface area contributed by atoms with Crippen molar-refractivity contribution < 1.29 is 44.4 Å². The van der Waals surface area contributed by atoms with E-state index >= 15 is 0 Å². The lowest BCUT2D eigenvalue weighted by Gasteiger charge is -2.58. The van der Waals surface area contributed by atoms with Gasteiger partial charge in [-0.3, -0.25) is 9.59 Å². The SMILES string of the molecule is CC(C)(O)O.CC1CCC2C3CCC4=CC(=O)C=CC4(C)C3C(O)CC12C.O=CCOC(=O)CO[N+](=O)[O-]. The molecule has 0 aliphatic heterocycles. The molecule has 38 heavy (non-hydrogen) atoms. The van der Waals surface area contributed by atoms with Crippen molar-refractivity contribution in [2.24, 2.45) is 34.5 Å². The first-order valence-corrected chi connectivity index (χ1v) is 13.0. The maximum absolute atomic E-state index is 11.8. The molecular formula is C27H41NO10. The Morgan fingerprint density at radius 2 is 1.89 bits per heavy atom. The summed E-state index contributed by atoms with van der Waals surface area (Å²) in [6, 6.07) is 0. The molecule has 3 saturated carbocycles. The van der Waals surface area contributed by atoms with E-state index in [-0.39, 0.29) is 17.3 Å². The molecule has 0 aromatic rings. The smallest absolute Gasteiger partial charge is 0.332 e. The van der Waals surface area contributed by atoms with Crippen LogP contribution in [0.1, 0.15) is 66.7 Å². The van der Waals surface area contributed by atoms with Crippen molar-refractivity contribution >= 4 is 18.0 Å². The number of esters is 1. The molecular weight excluding hydrogens is 498 g/mol. The van der Waals surface area contributed by atoms with Gasteiger partial charge in [-0.25, -0.2) is 4.79 Å². The number of carbonyl (C=O) groups is 3. The van der Waals surface area contributed by atoms with E-state index in [9.17, 15) is 29.6 Å². The summed E-state index contributed by atoms with van der Waals surface area (Å²) in [7, 11) is 0. The zero-order chi connectivity index (χ0) is 28.9. The van der Waals surface area contributed by atoms with Gasteiger partial charge in [-0.1, -0.05) is 32.4 Å². The minimum Gasteiger partial charge on any atom is -0.457 e. The minimum atomic E-state index is -1.50. The first-order valence-electron chi connectivity index (χ1n) is 13.0. The van der Waals surface area contributed by atoms with Crippen LogP contribution in [0.25, 0.3) is 0 Å². The summed E-state index contributed by atoms with van der Waals surface area (Å²) in [4.78, 5) is 44.8. The number of fused-ring (bicyclic) bond motifs is 5. The highest BCUT2D eigenvalue weighted by Crippen LogP contribution is 2.65. The molecule has 4 aliphatic rings.